The van der Waals surface area contributed by atoms with E-state index in [0.29, 0.717) is 17.4 Å². The van der Waals surface area contributed by atoms with Crippen LogP contribution in [0.15, 0.2) is 17.5 Å². The van der Waals surface area contributed by atoms with Crippen LogP contribution in [0.5, 0.6) is 0 Å². The number of hydrogen-bond acceptors (Lipinski definition) is 3. The molecule has 0 saturated carbocycles. The van der Waals surface area contributed by atoms with E-state index in [1.54, 1.807) is 4.88 Å². The van der Waals surface area contributed by atoms with Crippen molar-refractivity contribution in [3.8, 4) is 0 Å². The van der Waals surface area contributed by atoms with Gasteiger partial charge in [-0.2, -0.15) is 0 Å². The Morgan fingerprint density at radius 1 is 1.30 bits per heavy atom. The first-order valence-electron chi connectivity index (χ1n) is 8.18. The molecule has 1 N–H and O–H groups in total. The summed E-state index contributed by atoms with van der Waals surface area (Å²) in [7, 11) is 0. The van der Waals surface area contributed by atoms with Crippen LogP contribution in [0.1, 0.15) is 50.4 Å². The number of rotatable bonds is 3. The Morgan fingerprint density at radius 2 is 2.15 bits per heavy atom. The summed E-state index contributed by atoms with van der Waals surface area (Å²) in [4.78, 5) is 4.34. The molecule has 1 spiro atoms. The standard InChI is InChI=1S/C17H28N2S/c1-14(2)16(15-6-3-11-20-15)19-10-5-8-17(13-19)7-4-9-18-12-17/h3,6,11,14,16,18H,4-5,7-10,12-13H2,1-2H3. The second-order valence-corrected chi connectivity index (χ2v) is 8.04. The van der Waals surface area contributed by atoms with Crippen molar-refractivity contribution in [1.82, 2.24) is 10.2 Å². The van der Waals surface area contributed by atoms with Gasteiger partial charge in [-0.1, -0.05) is 19.9 Å². The summed E-state index contributed by atoms with van der Waals surface area (Å²) < 4.78 is 0. The van der Waals surface area contributed by atoms with E-state index in [2.05, 4.69) is 41.6 Å². The van der Waals surface area contributed by atoms with Gasteiger partial charge in [0.25, 0.3) is 0 Å². The quantitative estimate of drug-likeness (QED) is 0.908. The number of piperidine rings is 2. The zero-order chi connectivity index (χ0) is 14.0. The van der Waals surface area contributed by atoms with Gasteiger partial charge in [-0.05, 0) is 61.6 Å². The maximum absolute atomic E-state index is 3.64. The Balaban J connectivity index is 1.77. The van der Waals surface area contributed by atoms with Crippen LogP contribution in [0.4, 0.5) is 0 Å². The van der Waals surface area contributed by atoms with Crippen molar-refractivity contribution in [2.24, 2.45) is 11.3 Å². The van der Waals surface area contributed by atoms with Gasteiger partial charge in [0, 0.05) is 24.0 Å². The van der Waals surface area contributed by atoms with Crippen molar-refractivity contribution in [3.05, 3.63) is 22.4 Å². The smallest absolute Gasteiger partial charge is 0.0464 e. The van der Waals surface area contributed by atoms with E-state index in [4.69, 9.17) is 0 Å². The van der Waals surface area contributed by atoms with E-state index in [-0.39, 0.29) is 0 Å². The average molecular weight is 292 g/mol. The first-order valence-corrected chi connectivity index (χ1v) is 9.06. The fourth-order valence-corrected chi connectivity index (χ4v) is 5.28. The lowest BCUT2D eigenvalue weighted by Crippen LogP contribution is -2.52. The van der Waals surface area contributed by atoms with Gasteiger partial charge in [-0.25, -0.2) is 0 Å². The predicted octanol–water partition coefficient (Wildman–Crippen LogP) is 3.91. The van der Waals surface area contributed by atoms with Gasteiger partial charge in [0.05, 0.1) is 0 Å². The van der Waals surface area contributed by atoms with E-state index >= 15 is 0 Å². The fourth-order valence-electron chi connectivity index (χ4n) is 4.25. The molecule has 2 atom stereocenters. The van der Waals surface area contributed by atoms with Crippen LogP contribution in [0.2, 0.25) is 0 Å². The number of likely N-dealkylation sites (tertiary alicyclic amines) is 1. The number of thiophene rings is 1. The molecule has 0 aliphatic carbocycles. The van der Waals surface area contributed by atoms with Crippen molar-refractivity contribution >= 4 is 11.3 Å². The van der Waals surface area contributed by atoms with Gasteiger partial charge >= 0.3 is 0 Å². The van der Waals surface area contributed by atoms with Crippen molar-refractivity contribution in [1.29, 1.82) is 0 Å². The van der Waals surface area contributed by atoms with E-state index in [9.17, 15) is 0 Å². The Morgan fingerprint density at radius 3 is 2.80 bits per heavy atom. The van der Waals surface area contributed by atoms with Crippen LogP contribution in [0.3, 0.4) is 0 Å². The molecule has 3 heterocycles. The molecule has 0 bridgehead atoms. The van der Waals surface area contributed by atoms with Gasteiger partial charge < -0.3 is 5.32 Å². The summed E-state index contributed by atoms with van der Waals surface area (Å²) in [6, 6.07) is 5.15. The van der Waals surface area contributed by atoms with E-state index in [1.165, 1.54) is 51.9 Å². The Hall–Kier alpha value is -0.380. The third-order valence-electron chi connectivity index (χ3n) is 5.11. The van der Waals surface area contributed by atoms with Crippen LogP contribution < -0.4 is 5.32 Å². The minimum Gasteiger partial charge on any atom is -0.316 e. The van der Waals surface area contributed by atoms with E-state index in [0.717, 1.165) is 0 Å². The van der Waals surface area contributed by atoms with Gasteiger partial charge in [0.1, 0.15) is 0 Å². The summed E-state index contributed by atoms with van der Waals surface area (Å²) in [5.41, 5.74) is 0.556. The molecule has 1 aromatic heterocycles. The fraction of sp³-hybridized carbons (Fsp3) is 0.765. The average Bonchev–Trinajstić information content (AvgIpc) is 2.93. The zero-order valence-corrected chi connectivity index (χ0v) is 13.7. The zero-order valence-electron chi connectivity index (χ0n) is 12.9. The normalized spacial score (nSPS) is 29.9. The Bertz CT molecular complexity index is 401. The van der Waals surface area contributed by atoms with E-state index in [1.807, 2.05) is 11.3 Å². The van der Waals surface area contributed by atoms with Crippen LogP contribution in [0, 0.1) is 11.3 Å². The highest BCUT2D eigenvalue weighted by molar-refractivity contribution is 7.10. The summed E-state index contributed by atoms with van der Waals surface area (Å²) in [6.45, 7) is 9.79. The van der Waals surface area contributed by atoms with Crippen LogP contribution in [-0.4, -0.2) is 31.1 Å². The summed E-state index contributed by atoms with van der Waals surface area (Å²) in [5, 5.41) is 5.87. The van der Waals surface area contributed by atoms with Crippen molar-refractivity contribution < 1.29 is 0 Å². The van der Waals surface area contributed by atoms with E-state index < -0.39 is 0 Å². The van der Waals surface area contributed by atoms with Crippen molar-refractivity contribution in [2.45, 2.75) is 45.6 Å². The third-order valence-corrected chi connectivity index (χ3v) is 6.05. The lowest BCUT2D eigenvalue weighted by molar-refractivity contribution is 0.0243. The van der Waals surface area contributed by atoms with Crippen LogP contribution in [0.25, 0.3) is 0 Å². The molecule has 2 fully saturated rings. The van der Waals surface area contributed by atoms with Crippen molar-refractivity contribution in [2.75, 3.05) is 26.2 Å². The summed E-state index contributed by atoms with van der Waals surface area (Å²) in [6.07, 6.45) is 5.58. The van der Waals surface area contributed by atoms with Crippen molar-refractivity contribution in [3.63, 3.8) is 0 Å². The molecule has 2 saturated heterocycles. The first kappa shape index (κ1) is 14.6. The van der Waals surface area contributed by atoms with Crippen LogP contribution in [-0.2, 0) is 0 Å². The summed E-state index contributed by atoms with van der Waals surface area (Å²) >= 11 is 1.93. The minimum atomic E-state index is 0.556. The Kier molecular flexibility index (Phi) is 4.49. The third kappa shape index (κ3) is 2.95. The molecular formula is C17H28N2S. The second kappa shape index (κ2) is 6.17. The molecule has 2 aliphatic rings. The maximum Gasteiger partial charge on any atom is 0.0464 e. The molecule has 112 valence electrons. The van der Waals surface area contributed by atoms with Gasteiger partial charge in [-0.3, -0.25) is 4.90 Å². The minimum absolute atomic E-state index is 0.556. The molecule has 1 aromatic rings. The monoisotopic (exact) mass is 292 g/mol. The largest absolute Gasteiger partial charge is 0.316 e. The van der Waals surface area contributed by atoms with Gasteiger partial charge in [0.15, 0.2) is 0 Å². The molecule has 2 nitrogen and oxygen atoms in total. The molecule has 0 amide bonds. The highest BCUT2D eigenvalue weighted by Gasteiger charge is 2.39. The molecular weight excluding hydrogens is 264 g/mol. The first-order chi connectivity index (χ1) is 9.70. The Labute approximate surface area is 127 Å². The summed E-state index contributed by atoms with van der Waals surface area (Å²) in [5.74, 6) is 0.695. The SMILES string of the molecule is CC(C)C(c1cccs1)N1CCCC2(CCCNC2)C1. The molecule has 20 heavy (non-hydrogen) atoms. The second-order valence-electron chi connectivity index (χ2n) is 7.06. The number of hydrogen-bond donors (Lipinski definition) is 1. The molecule has 2 aliphatic heterocycles. The highest BCUT2D eigenvalue weighted by atomic mass is 32.1. The lowest BCUT2D eigenvalue weighted by atomic mass is 9.73. The number of nitrogens with one attached hydrogen (secondary N) is 1. The molecule has 3 rings (SSSR count). The number of nitrogens with zero attached hydrogens (tertiary/aromatic N) is 1. The molecule has 2 unspecified atom stereocenters. The molecule has 0 radical (unpaired) electrons. The molecule has 3 heteroatoms. The van der Waals surface area contributed by atoms with Gasteiger partial charge in [-0.15, -0.1) is 11.3 Å². The van der Waals surface area contributed by atoms with Crippen LogP contribution >= 0.6 is 11.3 Å². The highest BCUT2D eigenvalue weighted by Crippen LogP contribution is 2.41. The topological polar surface area (TPSA) is 15.3 Å². The lowest BCUT2D eigenvalue weighted by Gasteiger charge is -2.48. The van der Waals surface area contributed by atoms with Gasteiger partial charge in [0.2, 0.25) is 0 Å². The molecule has 0 aromatic carbocycles. The predicted molar refractivity (Wildman–Crippen MR) is 87.2 cm³/mol. The maximum atomic E-state index is 3.64.